The molecular formula is C15H25Cl2Zr. The Balaban J connectivity index is 0.000000873. The Morgan fingerprint density at radius 1 is 0.611 bits per heavy atom. The fourth-order valence-corrected chi connectivity index (χ4v) is 3.04. The van der Waals surface area contributed by atoms with E-state index in [0.29, 0.717) is 0 Å². The van der Waals surface area contributed by atoms with Crippen molar-refractivity contribution in [1.29, 1.82) is 0 Å². The van der Waals surface area contributed by atoms with Gasteiger partial charge >= 0.3 is 37.9 Å². The van der Waals surface area contributed by atoms with Crippen molar-refractivity contribution in [3.8, 4) is 0 Å². The molecule has 1 aliphatic carbocycles. The van der Waals surface area contributed by atoms with Crippen molar-refractivity contribution in [2.24, 2.45) is 0 Å². The second-order valence-electron chi connectivity index (χ2n) is 4.23. The Kier molecular flexibility index (Phi) is 11.3. The summed E-state index contributed by atoms with van der Waals surface area (Å²) in [6.07, 6.45) is 6.04. The van der Waals surface area contributed by atoms with Crippen molar-refractivity contribution in [3.63, 3.8) is 0 Å². The minimum atomic E-state index is -0.826. The summed E-state index contributed by atoms with van der Waals surface area (Å²) in [4.78, 5) is 0. The van der Waals surface area contributed by atoms with Crippen molar-refractivity contribution >= 4 is 17.0 Å². The van der Waals surface area contributed by atoms with Gasteiger partial charge in [-0.25, -0.2) is 0 Å². The first-order valence-corrected chi connectivity index (χ1v) is 13.3. The van der Waals surface area contributed by atoms with Crippen LogP contribution in [0.15, 0.2) is 22.3 Å². The minimum absolute atomic E-state index is 0.826. The molecule has 103 valence electrons. The van der Waals surface area contributed by atoms with Gasteiger partial charge in [-0.2, -0.15) is 0 Å². The molecule has 3 heteroatoms. The van der Waals surface area contributed by atoms with Gasteiger partial charge in [0.05, 0.1) is 0 Å². The molecule has 1 radical (unpaired) electrons. The van der Waals surface area contributed by atoms with E-state index in [-0.39, 0.29) is 0 Å². The summed E-state index contributed by atoms with van der Waals surface area (Å²) >= 11 is -0.826. The third-order valence-electron chi connectivity index (χ3n) is 3.59. The molecule has 0 heterocycles. The number of rotatable bonds is 5. The quantitative estimate of drug-likeness (QED) is 0.514. The van der Waals surface area contributed by atoms with Gasteiger partial charge in [-0.1, -0.05) is 45.8 Å². The molecule has 0 bridgehead atoms. The van der Waals surface area contributed by atoms with E-state index in [0.717, 1.165) is 0 Å². The maximum absolute atomic E-state index is 4.93. The van der Waals surface area contributed by atoms with Gasteiger partial charge in [0.15, 0.2) is 0 Å². The molecule has 0 spiro atoms. The predicted octanol–water partition coefficient (Wildman–Crippen LogP) is 6.59. The second kappa shape index (κ2) is 10.7. The summed E-state index contributed by atoms with van der Waals surface area (Å²) in [7, 11) is 9.87. The Morgan fingerprint density at radius 3 is 1.06 bits per heavy atom. The molecule has 1 rings (SSSR count). The van der Waals surface area contributed by atoms with Crippen LogP contribution in [-0.2, 0) is 20.8 Å². The summed E-state index contributed by atoms with van der Waals surface area (Å²) in [6, 6.07) is 0. The Bertz CT molecular complexity index is 278. The first kappa shape index (κ1) is 18.9. The molecule has 0 atom stereocenters. The van der Waals surface area contributed by atoms with E-state index >= 15 is 0 Å². The van der Waals surface area contributed by atoms with Gasteiger partial charge < -0.3 is 0 Å². The van der Waals surface area contributed by atoms with Crippen molar-refractivity contribution in [2.75, 3.05) is 0 Å². The number of hydrogen-bond donors (Lipinski definition) is 0. The van der Waals surface area contributed by atoms with E-state index in [4.69, 9.17) is 17.0 Å². The third kappa shape index (κ3) is 4.50. The Hall–Kier alpha value is 0.943. The van der Waals surface area contributed by atoms with Gasteiger partial charge in [-0.15, -0.1) is 0 Å². The number of allylic oxidation sites excluding steroid dienone is 4. The fraction of sp³-hybridized carbons (Fsp3) is 0.667. The molecule has 0 aromatic rings. The summed E-state index contributed by atoms with van der Waals surface area (Å²) < 4.78 is 0. The van der Waals surface area contributed by atoms with E-state index in [1.165, 1.54) is 32.1 Å². The summed E-state index contributed by atoms with van der Waals surface area (Å²) in [6.45, 7) is 11.5. The molecule has 0 amide bonds. The Morgan fingerprint density at radius 2 is 0.889 bits per heavy atom. The molecular weight excluding hydrogens is 342 g/mol. The van der Waals surface area contributed by atoms with Crippen molar-refractivity contribution in [2.45, 2.75) is 66.7 Å². The van der Waals surface area contributed by atoms with Crippen LogP contribution in [0.2, 0.25) is 0 Å². The van der Waals surface area contributed by atoms with E-state index in [2.05, 4.69) is 34.6 Å². The van der Waals surface area contributed by atoms with Crippen LogP contribution >= 0.6 is 17.0 Å². The van der Waals surface area contributed by atoms with E-state index in [1.54, 1.807) is 28.2 Å². The molecule has 0 N–H and O–H groups in total. The van der Waals surface area contributed by atoms with Gasteiger partial charge in [0.1, 0.15) is 0 Å². The van der Waals surface area contributed by atoms with E-state index < -0.39 is 20.8 Å². The van der Waals surface area contributed by atoms with E-state index in [9.17, 15) is 0 Å². The molecule has 0 saturated heterocycles. The summed E-state index contributed by atoms with van der Waals surface area (Å²) in [5, 5.41) is 0. The molecule has 0 aliphatic heterocycles. The van der Waals surface area contributed by atoms with Gasteiger partial charge in [0.25, 0.3) is 0 Å². The van der Waals surface area contributed by atoms with Crippen LogP contribution in [0.4, 0.5) is 0 Å². The molecule has 18 heavy (non-hydrogen) atoms. The topological polar surface area (TPSA) is 0 Å². The van der Waals surface area contributed by atoms with Crippen LogP contribution in [-0.4, -0.2) is 0 Å². The molecule has 0 saturated carbocycles. The van der Waals surface area contributed by atoms with Gasteiger partial charge in [0, 0.05) is 5.92 Å². The molecule has 0 nitrogen and oxygen atoms in total. The SMILES string of the molecule is CC[C]1C(CC)=C(CC)C(CC)=C1CC.[Cl][Zr][Cl]. The van der Waals surface area contributed by atoms with Crippen LogP contribution in [0.3, 0.4) is 0 Å². The molecule has 0 aromatic heterocycles. The summed E-state index contributed by atoms with van der Waals surface area (Å²) in [5.41, 5.74) is 6.64. The molecule has 1 aliphatic rings. The predicted molar refractivity (Wildman–Crippen MR) is 80.5 cm³/mol. The monoisotopic (exact) mass is 365 g/mol. The zero-order valence-electron chi connectivity index (χ0n) is 12.3. The maximum atomic E-state index is 4.93. The third-order valence-corrected chi connectivity index (χ3v) is 3.59. The molecule has 0 aromatic carbocycles. The summed E-state index contributed by atoms with van der Waals surface area (Å²) in [5.74, 6) is 1.66. The first-order chi connectivity index (χ1) is 8.66. The normalized spacial score (nSPS) is 15.9. The average Bonchev–Trinajstić information content (AvgIpc) is 2.70. The zero-order valence-corrected chi connectivity index (χ0v) is 16.3. The van der Waals surface area contributed by atoms with Crippen molar-refractivity contribution < 1.29 is 20.8 Å². The first-order valence-electron chi connectivity index (χ1n) is 6.93. The molecule has 0 unspecified atom stereocenters. The average molecular weight is 367 g/mol. The van der Waals surface area contributed by atoms with Crippen LogP contribution in [0.1, 0.15) is 66.7 Å². The van der Waals surface area contributed by atoms with Crippen LogP contribution in [0.5, 0.6) is 0 Å². The standard InChI is InChI=1S/C15H25.2ClH.Zr/c1-6-11-12(7-2)14(9-4)15(10-5)13(11)8-3;;;/h6-10H2,1-5H3;2*1H;/q;;;+2/p-2. The zero-order chi connectivity index (χ0) is 14.1. The number of hydrogen-bond acceptors (Lipinski definition) is 0. The van der Waals surface area contributed by atoms with Crippen molar-refractivity contribution in [3.05, 3.63) is 28.2 Å². The van der Waals surface area contributed by atoms with Gasteiger partial charge in [-0.3, -0.25) is 0 Å². The van der Waals surface area contributed by atoms with E-state index in [1.807, 2.05) is 0 Å². The van der Waals surface area contributed by atoms with Crippen LogP contribution in [0, 0.1) is 5.92 Å². The Labute approximate surface area is 132 Å². The number of halogens is 2. The van der Waals surface area contributed by atoms with Gasteiger partial charge in [0.2, 0.25) is 0 Å². The van der Waals surface area contributed by atoms with Crippen molar-refractivity contribution in [1.82, 2.24) is 0 Å². The van der Waals surface area contributed by atoms with Crippen LogP contribution in [0.25, 0.3) is 0 Å². The fourth-order valence-electron chi connectivity index (χ4n) is 3.04. The second-order valence-corrected chi connectivity index (χ2v) is 7.96. The molecule has 0 fully saturated rings. The van der Waals surface area contributed by atoms with Crippen LogP contribution < -0.4 is 0 Å². The van der Waals surface area contributed by atoms with Gasteiger partial charge in [-0.05, 0) is 43.3 Å².